The second-order valence-corrected chi connectivity index (χ2v) is 3.44. The number of nitrogens with two attached hydrogens (primary N) is 1. The van der Waals surface area contributed by atoms with Gasteiger partial charge in [0, 0.05) is 48.2 Å². The number of fused-ring (bicyclic) bond motifs is 1. The molecule has 0 aliphatic rings. The van der Waals surface area contributed by atoms with E-state index in [1.807, 2.05) is 6.07 Å². The Bertz CT molecular complexity index is 453. The van der Waals surface area contributed by atoms with Crippen LogP contribution in [0, 0.1) is 0 Å². The molecule has 0 aliphatic heterocycles. The molecular weight excluding hydrogens is 190 g/mol. The van der Waals surface area contributed by atoms with E-state index >= 15 is 0 Å². The van der Waals surface area contributed by atoms with E-state index < -0.39 is 0 Å². The molecule has 4 heteroatoms. The third kappa shape index (κ3) is 1.95. The summed E-state index contributed by atoms with van der Waals surface area (Å²) >= 11 is 0. The van der Waals surface area contributed by atoms with E-state index in [9.17, 15) is 0 Å². The number of aliphatic hydroxyl groups is 1. The van der Waals surface area contributed by atoms with Crippen molar-refractivity contribution in [2.45, 2.75) is 12.5 Å². The van der Waals surface area contributed by atoms with Crippen LogP contribution in [0.4, 0.5) is 0 Å². The Hall–Kier alpha value is -1.52. The highest BCUT2D eigenvalue weighted by Gasteiger charge is 2.09. The fraction of sp³-hybridized carbons (Fsp3) is 0.273. The first-order chi connectivity index (χ1) is 7.33. The maximum atomic E-state index is 8.85. The third-order valence-electron chi connectivity index (χ3n) is 2.43. The molecule has 2 aromatic rings. The van der Waals surface area contributed by atoms with Crippen LogP contribution in [0.15, 0.2) is 30.9 Å². The standard InChI is InChI=1S/C11H13N3O/c12-11(2-4-15)10-7-14-5-8-1-3-13-6-9(8)10/h1,3,5-7,11,15H,2,4,12H2. The summed E-state index contributed by atoms with van der Waals surface area (Å²) in [7, 11) is 0. The van der Waals surface area contributed by atoms with Crippen molar-refractivity contribution in [3.8, 4) is 0 Å². The zero-order valence-electron chi connectivity index (χ0n) is 8.30. The molecular formula is C11H13N3O. The second kappa shape index (κ2) is 4.33. The number of aliphatic hydroxyl groups excluding tert-OH is 1. The van der Waals surface area contributed by atoms with Crippen molar-refractivity contribution in [3.05, 3.63) is 36.4 Å². The van der Waals surface area contributed by atoms with Crippen molar-refractivity contribution in [1.29, 1.82) is 0 Å². The normalized spacial score (nSPS) is 12.9. The average Bonchev–Trinajstić information content (AvgIpc) is 2.28. The van der Waals surface area contributed by atoms with E-state index in [1.54, 1.807) is 24.8 Å². The fourth-order valence-corrected chi connectivity index (χ4v) is 1.62. The van der Waals surface area contributed by atoms with Gasteiger partial charge >= 0.3 is 0 Å². The molecule has 0 fully saturated rings. The number of hydrogen-bond donors (Lipinski definition) is 2. The Morgan fingerprint density at radius 3 is 2.93 bits per heavy atom. The van der Waals surface area contributed by atoms with Crippen LogP contribution >= 0.6 is 0 Å². The molecule has 1 unspecified atom stereocenters. The Morgan fingerprint density at radius 2 is 2.13 bits per heavy atom. The van der Waals surface area contributed by atoms with Crippen LogP contribution in [0.2, 0.25) is 0 Å². The van der Waals surface area contributed by atoms with Crippen molar-refractivity contribution in [2.75, 3.05) is 6.61 Å². The minimum Gasteiger partial charge on any atom is -0.396 e. The van der Waals surface area contributed by atoms with Gasteiger partial charge < -0.3 is 10.8 Å². The van der Waals surface area contributed by atoms with Gasteiger partial charge in [0.25, 0.3) is 0 Å². The first-order valence-electron chi connectivity index (χ1n) is 4.87. The van der Waals surface area contributed by atoms with Gasteiger partial charge in [-0.1, -0.05) is 0 Å². The molecule has 0 spiro atoms. The highest BCUT2D eigenvalue weighted by molar-refractivity contribution is 5.84. The van der Waals surface area contributed by atoms with Crippen LogP contribution in [0.1, 0.15) is 18.0 Å². The van der Waals surface area contributed by atoms with E-state index in [1.165, 1.54) is 0 Å². The summed E-state index contributed by atoms with van der Waals surface area (Å²) in [5.41, 5.74) is 6.88. The van der Waals surface area contributed by atoms with Gasteiger partial charge in [-0.05, 0) is 18.1 Å². The van der Waals surface area contributed by atoms with Crippen molar-refractivity contribution in [3.63, 3.8) is 0 Å². The lowest BCUT2D eigenvalue weighted by Crippen LogP contribution is -2.12. The predicted molar refractivity (Wildman–Crippen MR) is 58.2 cm³/mol. The number of nitrogens with zero attached hydrogens (tertiary/aromatic N) is 2. The third-order valence-corrected chi connectivity index (χ3v) is 2.43. The zero-order valence-corrected chi connectivity index (χ0v) is 8.30. The average molecular weight is 203 g/mol. The summed E-state index contributed by atoms with van der Waals surface area (Å²) in [6.07, 6.45) is 7.57. The van der Waals surface area contributed by atoms with Crippen molar-refractivity contribution in [1.82, 2.24) is 9.97 Å². The minimum atomic E-state index is -0.185. The summed E-state index contributed by atoms with van der Waals surface area (Å²) < 4.78 is 0. The van der Waals surface area contributed by atoms with E-state index in [4.69, 9.17) is 10.8 Å². The quantitative estimate of drug-likeness (QED) is 0.781. The SMILES string of the molecule is NC(CCO)c1cncc2ccncc12. The van der Waals surface area contributed by atoms with Gasteiger partial charge in [0.2, 0.25) is 0 Å². The molecule has 0 bridgehead atoms. The zero-order chi connectivity index (χ0) is 10.7. The Labute approximate surface area is 87.8 Å². The lowest BCUT2D eigenvalue weighted by atomic mass is 10.0. The van der Waals surface area contributed by atoms with Crippen LogP contribution < -0.4 is 5.73 Å². The number of aromatic nitrogens is 2. The summed E-state index contributed by atoms with van der Waals surface area (Å²) in [5.74, 6) is 0. The molecule has 1 atom stereocenters. The Balaban J connectivity index is 2.50. The van der Waals surface area contributed by atoms with Crippen molar-refractivity contribution in [2.24, 2.45) is 5.73 Å². The summed E-state index contributed by atoms with van der Waals surface area (Å²) in [5, 5.41) is 10.9. The van der Waals surface area contributed by atoms with Gasteiger partial charge in [-0.15, -0.1) is 0 Å². The van der Waals surface area contributed by atoms with Gasteiger partial charge in [0.1, 0.15) is 0 Å². The van der Waals surface area contributed by atoms with Gasteiger partial charge in [0.15, 0.2) is 0 Å². The number of pyridine rings is 2. The molecule has 2 heterocycles. The van der Waals surface area contributed by atoms with Crippen LogP contribution in [0.5, 0.6) is 0 Å². The first-order valence-corrected chi connectivity index (χ1v) is 4.87. The van der Waals surface area contributed by atoms with Gasteiger partial charge in [-0.2, -0.15) is 0 Å². The van der Waals surface area contributed by atoms with E-state index in [-0.39, 0.29) is 12.6 Å². The summed E-state index contributed by atoms with van der Waals surface area (Å²) in [6.45, 7) is 0.0812. The van der Waals surface area contributed by atoms with Gasteiger partial charge in [-0.25, -0.2) is 0 Å². The maximum Gasteiger partial charge on any atom is 0.0449 e. The molecule has 0 saturated heterocycles. The summed E-state index contributed by atoms with van der Waals surface area (Å²) in [4.78, 5) is 8.20. The molecule has 0 amide bonds. The van der Waals surface area contributed by atoms with E-state index in [0.717, 1.165) is 16.3 Å². The van der Waals surface area contributed by atoms with Gasteiger partial charge in [-0.3, -0.25) is 9.97 Å². The largest absolute Gasteiger partial charge is 0.396 e. The van der Waals surface area contributed by atoms with Crippen LogP contribution in [0.25, 0.3) is 10.8 Å². The van der Waals surface area contributed by atoms with Crippen molar-refractivity contribution >= 4 is 10.8 Å². The predicted octanol–water partition coefficient (Wildman–Crippen LogP) is 1.01. The van der Waals surface area contributed by atoms with E-state index in [0.29, 0.717) is 6.42 Å². The molecule has 2 rings (SSSR count). The fourth-order valence-electron chi connectivity index (χ4n) is 1.62. The molecule has 0 aromatic carbocycles. The van der Waals surface area contributed by atoms with Crippen LogP contribution in [-0.4, -0.2) is 21.7 Å². The highest BCUT2D eigenvalue weighted by Crippen LogP contribution is 2.22. The lowest BCUT2D eigenvalue weighted by Gasteiger charge is -2.12. The van der Waals surface area contributed by atoms with E-state index in [2.05, 4.69) is 9.97 Å². The molecule has 3 N–H and O–H groups in total. The molecule has 0 aliphatic carbocycles. The van der Waals surface area contributed by atoms with Crippen molar-refractivity contribution < 1.29 is 5.11 Å². The number of rotatable bonds is 3. The molecule has 15 heavy (non-hydrogen) atoms. The monoisotopic (exact) mass is 203 g/mol. The first kappa shape index (κ1) is 10.0. The maximum absolute atomic E-state index is 8.85. The molecule has 0 radical (unpaired) electrons. The Kier molecular flexibility index (Phi) is 2.89. The lowest BCUT2D eigenvalue weighted by molar-refractivity contribution is 0.277. The molecule has 4 nitrogen and oxygen atoms in total. The van der Waals surface area contributed by atoms with Crippen LogP contribution in [0.3, 0.4) is 0 Å². The molecule has 2 aromatic heterocycles. The minimum absolute atomic E-state index is 0.0812. The topological polar surface area (TPSA) is 72.0 Å². The number of hydrogen-bond acceptors (Lipinski definition) is 4. The molecule has 78 valence electrons. The van der Waals surface area contributed by atoms with Gasteiger partial charge in [0.05, 0.1) is 0 Å². The smallest absolute Gasteiger partial charge is 0.0449 e. The Morgan fingerprint density at radius 1 is 1.27 bits per heavy atom. The molecule has 0 saturated carbocycles. The highest BCUT2D eigenvalue weighted by atomic mass is 16.3. The summed E-state index contributed by atoms with van der Waals surface area (Å²) in [6, 6.07) is 1.72. The second-order valence-electron chi connectivity index (χ2n) is 3.44. The van der Waals surface area contributed by atoms with Crippen LogP contribution in [-0.2, 0) is 0 Å².